The maximum atomic E-state index is 11.1. The third-order valence-electron chi connectivity index (χ3n) is 1.58. The molecule has 1 heterocycles. The van der Waals surface area contributed by atoms with E-state index in [1.807, 2.05) is 0 Å². The van der Waals surface area contributed by atoms with Crippen molar-refractivity contribution in [3.63, 3.8) is 0 Å². The molecule has 1 aromatic heterocycles. The Morgan fingerprint density at radius 3 is 2.17 bits per heavy atom. The fraction of sp³-hybridized carbons (Fsp3) is 0.500. The van der Waals surface area contributed by atoms with Crippen LogP contribution in [-0.4, -0.2) is 24.5 Å². The van der Waals surface area contributed by atoms with Gasteiger partial charge in [-0.1, -0.05) is 11.6 Å². The zero-order chi connectivity index (χ0) is 9.52. The summed E-state index contributed by atoms with van der Waals surface area (Å²) in [5.74, 6) is 0. The summed E-state index contributed by atoms with van der Waals surface area (Å²) in [6, 6.07) is 0. The highest BCUT2D eigenvalue weighted by atomic mass is 35.5. The van der Waals surface area contributed by atoms with Crippen molar-refractivity contribution in [2.24, 2.45) is 7.05 Å². The fourth-order valence-electron chi connectivity index (χ4n) is 0.789. The van der Waals surface area contributed by atoms with E-state index in [4.69, 9.17) is 11.6 Å². The van der Waals surface area contributed by atoms with Crippen LogP contribution in [0.15, 0.2) is 5.03 Å². The zero-order valence-electron chi connectivity index (χ0n) is 7.00. The largest absolute Gasteiger partial charge is 0.270 e. The number of hydrogen-bond acceptors (Lipinski definition) is 3. The van der Waals surface area contributed by atoms with E-state index in [1.165, 1.54) is 4.68 Å². The van der Waals surface area contributed by atoms with Crippen molar-refractivity contribution in [2.75, 3.05) is 6.26 Å². The maximum absolute atomic E-state index is 11.1. The van der Waals surface area contributed by atoms with Gasteiger partial charge < -0.3 is 0 Å². The monoisotopic (exact) mass is 208 g/mol. The molecule has 0 fully saturated rings. The first kappa shape index (κ1) is 9.54. The summed E-state index contributed by atoms with van der Waals surface area (Å²) in [6.07, 6.45) is 1.08. The summed E-state index contributed by atoms with van der Waals surface area (Å²) in [7, 11) is -1.65. The molecular weight excluding hydrogens is 200 g/mol. The smallest absolute Gasteiger partial charge is 0.196 e. The molecule has 0 saturated carbocycles. The van der Waals surface area contributed by atoms with E-state index < -0.39 is 9.84 Å². The maximum Gasteiger partial charge on any atom is 0.196 e. The molecule has 0 amide bonds. The summed E-state index contributed by atoms with van der Waals surface area (Å²) in [4.78, 5) is 0. The molecule has 68 valence electrons. The van der Waals surface area contributed by atoms with Gasteiger partial charge in [-0.05, 0) is 6.92 Å². The first-order valence-corrected chi connectivity index (χ1v) is 5.50. The molecule has 0 aliphatic heterocycles. The van der Waals surface area contributed by atoms with Crippen LogP contribution in [0.3, 0.4) is 0 Å². The van der Waals surface area contributed by atoms with E-state index >= 15 is 0 Å². The Balaban J connectivity index is 3.48. The Labute approximate surface area is 76.1 Å². The minimum atomic E-state index is -3.30. The fourth-order valence-corrected chi connectivity index (χ4v) is 2.11. The van der Waals surface area contributed by atoms with Crippen molar-refractivity contribution in [3.05, 3.63) is 10.7 Å². The standard InChI is InChI=1S/C6H9ClN2O2S/c1-4-5(7)6(8-9(4)2)12(3,10)11/h1-3H3. The topological polar surface area (TPSA) is 52.0 Å². The minimum Gasteiger partial charge on any atom is -0.270 e. The van der Waals surface area contributed by atoms with Crippen LogP contribution in [0.5, 0.6) is 0 Å². The van der Waals surface area contributed by atoms with Crippen LogP contribution in [-0.2, 0) is 16.9 Å². The van der Waals surface area contributed by atoms with Crippen LogP contribution in [0.2, 0.25) is 5.02 Å². The lowest BCUT2D eigenvalue weighted by Gasteiger charge is -1.89. The minimum absolute atomic E-state index is 0.0517. The quantitative estimate of drug-likeness (QED) is 0.686. The average Bonchev–Trinajstić information content (AvgIpc) is 2.15. The van der Waals surface area contributed by atoms with Crippen molar-refractivity contribution >= 4 is 21.4 Å². The van der Waals surface area contributed by atoms with E-state index in [0.717, 1.165) is 6.26 Å². The molecule has 0 aromatic carbocycles. The first-order valence-electron chi connectivity index (χ1n) is 3.23. The molecule has 0 aliphatic carbocycles. The van der Waals surface area contributed by atoms with Gasteiger partial charge in [0, 0.05) is 13.3 Å². The van der Waals surface area contributed by atoms with Crippen molar-refractivity contribution in [2.45, 2.75) is 11.9 Å². The van der Waals surface area contributed by atoms with Gasteiger partial charge in [0.1, 0.15) is 5.02 Å². The Hall–Kier alpha value is -0.550. The van der Waals surface area contributed by atoms with Gasteiger partial charge in [-0.3, -0.25) is 4.68 Å². The lowest BCUT2D eigenvalue weighted by Crippen LogP contribution is -2.00. The van der Waals surface area contributed by atoms with Crippen LogP contribution in [0.1, 0.15) is 5.69 Å². The van der Waals surface area contributed by atoms with Crippen LogP contribution >= 0.6 is 11.6 Å². The first-order chi connectivity index (χ1) is 5.34. The molecule has 0 N–H and O–H groups in total. The molecule has 0 aliphatic rings. The highest BCUT2D eigenvalue weighted by molar-refractivity contribution is 7.90. The number of aryl methyl sites for hydroxylation is 1. The summed E-state index contributed by atoms with van der Waals surface area (Å²) in [6.45, 7) is 1.71. The van der Waals surface area contributed by atoms with Gasteiger partial charge >= 0.3 is 0 Å². The number of nitrogens with zero attached hydrogens (tertiary/aromatic N) is 2. The Morgan fingerprint density at radius 2 is 2.00 bits per heavy atom. The molecule has 12 heavy (non-hydrogen) atoms. The van der Waals surface area contributed by atoms with Gasteiger partial charge in [0.15, 0.2) is 14.9 Å². The Morgan fingerprint density at radius 1 is 1.50 bits per heavy atom. The summed E-state index contributed by atoms with van der Waals surface area (Å²) in [5, 5.41) is 3.93. The Bertz CT molecular complexity index is 407. The van der Waals surface area contributed by atoms with Gasteiger partial charge in [0.05, 0.1) is 5.69 Å². The number of hydrogen-bond donors (Lipinski definition) is 0. The molecule has 0 unspecified atom stereocenters. The average molecular weight is 209 g/mol. The molecule has 6 heteroatoms. The number of halogens is 1. The molecule has 0 radical (unpaired) electrons. The van der Waals surface area contributed by atoms with Gasteiger partial charge in [0.2, 0.25) is 0 Å². The molecular formula is C6H9ClN2O2S. The van der Waals surface area contributed by atoms with Crippen LogP contribution < -0.4 is 0 Å². The van der Waals surface area contributed by atoms with Crippen molar-refractivity contribution < 1.29 is 8.42 Å². The molecule has 1 aromatic rings. The second-order valence-electron chi connectivity index (χ2n) is 2.60. The third kappa shape index (κ3) is 1.47. The van der Waals surface area contributed by atoms with Gasteiger partial charge in [0.25, 0.3) is 0 Å². The van der Waals surface area contributed by atoms with E-state index in [2.05, 4.69) is 5.10 Å². The van der Waals surface area contributed by atoms with Crippen LogP contribution in [0.25, 0.3) is 0 Å². The van der Waals surface area contributed by atoms with Crippen molar-refractivity contribution in [1.82, 2.24) is 9.78 Å². The van der Waals surface area contributed by atoms with E-state index in [9.17, 15) is 8.42 Å². The molecule has 0 bridgehead atoms. The van der Waals surface area contributed by atoms with Gasteiger partial charge in [-0.25, -0.2) is 8.42 Å². The predicted molar refractivity (Wildman–Crippen MR) is 46.1 cm³/mol. The molecule has 1 rings (SSSR count). The normalized spacial score (nSPS) is 12.0. The van der Waals surface area contributed by atoms with Crippen molar-refractivity contribution in [1.29, 1.82) is 0 Å². The van der Waals surface area contributed by atoms with Gasteiger partial charge in [-0.2, -0.15) is 5.10 Å². The summed E-state index contributed by atoms with van der Waals surface area (Å²) < 4.78 is 23.6. The number of rotatable bonds is 1. The Kier molecular flexibility index (Phi) is 2.18. The zero-order valence-corrected chi connectivity index (χ0v) is 8.57. The van der Waals surface area contributed by atoms with Crippen molar-refractivity contribution in [3.8, 4) is 0 Å². The highest BCUT2D eigenvalue weighted by Gasteiger charge is 2.19. The molecule has 0 saturated heterocycles. The second-order valence-corrected chi connectivity index (χ2v) is 4.91. The summed E-state index contributed by atoms with van der Waals surface area (Å²) >= 11 is 5.74. The molecule has 4 nitrogen and oxygen atoms in total. The van der Waals surface area contributed by atoms with Crippen LogP contribution in [0.4, 0.5) is 0 Å². The summed E-state index contributed by atoms with van der Waals surface area (Å²) in [5.41, 5.74) is 0.650. The lowest BCUT2D eigenvalue weighted by atomic mass is 10.5. The molecule has 0 spiro atoms. The number of sulfone groups is 1. The highest BCUT2D eigenvalue weighted by Crippen LogP contribution is 2.22. The third-order valence-corrected chi connectivity index (χ3v) is 3.14. The SMILES string of the molecule is Cc1c(Cl)c(S(C)(=O)=O)nn1C. The van der Waals surface area contributed by atoms with Gasteiger partial charge in [-0.15, -0.1) is 0 Å². The van der Waals surface area contributed by atoms with E-state index in [1.54, 1.807) is 14.0 Å². The second kappa shape index (κ2) is 2.74. The van der Waals surface area contributed by atoms with E-state index in [0.29, 0.717) is 5.69 Å². The van der Waals surface area contributed by atoms with Crippen LogP contribution in [0, 0.1) is 6.92 Å². The molecule has 0 atom stereocenters. The van der Waals surface area contributed by atoms with E-state index in [-0.39, 0.29) is 10.0 Å². The predicted octanol–water partition coefficient (Wildman–Crippen LogP) is 0.785. The number of aromatic nitrogens is 2. The lowest BCUT2D eigenvalue weighted by molar-refractivity contribution is 0.593.